The standard InChI is InChI=1S/2C24H36F2O2.C23H34F2O3.C23H36O3.C21H32F2O2/c2*1-13-8-10-24(5)15-9-11-23(4)14(6-7-16(23)21(25)26)18(15)20-19(17(24)12-13)27-22(2,3)28-20;1-21(2)27-18-16-11-12(26)7-9-23(16,4)14-8-10-22(3)13(17(14)19(18)28-21)5-6-15(22)20(24)25;1-13-8-10-22(4)15-9-11-23(5)14(6-7-17(23)24)18(15)20-19(16(22)12-13)25-21(2,3)26-20;1-11-6-8-21(3)13-7-9-20(2)12(4-5-14(20)19(22)23)16(13)18(25)17(24)15(21)10-11/h2*13-15,17-20H,6-12H2,1-5H3;12-14,16-19,26H,5-11H2,1-4H3;13-16,18-20H,6-12H2,1-5H3;11-13,15-18,24-25H,4-10H2,1-3H3/t2*13-,14?,15?,17?,18?,19+,20+,23-,24+;12-,13?,14?,16?,17?,18+,19+,22-,23+;13-,14?,15?,16?,18?,19+,20+,22+,23-;11-,12?,13?,15?,16?,17+,18+,20-,21+/m00000/s1. The number of Topliss-reactive ketones (excluding diaryl/α,β-unsaturated/α-hetero) is 1. The minimum Gasteiger partial charge on any atom is -0.393 e. The quantitative estimate of drug-likeness (QED) is 0.198. The molecular formula is C115H174F8O12. The van der Waals surface area contributed by atoms with Gasteiger partial charge in [0, 0.05) is 34.1 Å². The molecule has 4 aliphatic heterocycles. The average Bonchev–Trinajstić information content (AvgIpc) is 1.60. The normalized spacial score (nSPS) is 55.3. The van der Waals surface area contributed by atoms with Crippen LogP contribution in [0.5, 0.6) is 0 Å². The van der Waals surface area contributed by atoms with Gasteiger partial charge in [-0.3, -0.25) is 4.79 Å². The topological polar surface area (TPSA) is 152 Å². The fourth-order valence-corrected chi connectivity index (χ4v) is 41.0. The maximum absolute atomic E-state index is 13.8. The van der Waals surface area contributed by atoms with E-state index in [4.69, 9.17) is 37.9 Å². The van der Waals surface area contributed by atoms with E-state index in [1.165, 1.54) is 70.6 Å². The number of hydrogen-bond acceptors (Lipinski definition) is 12. The summed E-state index contributed by atoms with van der Waals surface area (Å²) >= 11 is 0. The van der Waals surface area contributed by atoms with Crippen molar-refractivity contribution in [1.29, 1.82) is 0 Å². The van der Waals surface area contributed by atoms with Gasteiger partial charge in [0.1, 0.15) is 5.78 Å². The van der Waals surface area contributed by atoms with Crippen LogP contribution >= 0.6 is 0 Å². The largest absolute Gasteiger partial charge is 0.393 e. The SMILES string of the molecule is CC1(C)O[C@@H]2C3C(CC[C@]4(C)C(=C(F)F)CCC34)[C@@]3(C)CC[C@H](O)CC3[C@H]2O1.C[C@H]1CC[C@]2(C)C3CC[C@]4(C)C(=C(F)F)CCC4C3[C@@H](O)[C@H](O)C2C1.C[C@H]1CC[C@]2(C)C3CC[C@]4(C)C(=C(F)F)CCC4C3[C@H]3OC(C)(C)O[C@@H]3C2C1.C[C@H]1CC[C@]2(C)C3CC[C@]4(C)C(=C(F)F)CCC4C3[C@H]3OC(C)(C)O[C@@H]3C2C1.C[C@H]1CC[C@]2(C)C3CC[C@]4(C)C(=O)CCC4C3[C@H]3OC(C)(C)O[C@@H]3C2C1. The van der Waals surface area contributed by atoms with Crippen LogP contribution in [0.4, 0.5) is 35.1 Å². The van der Waals surface area contributed by atoms with Crippen molar-refractivity contribution in [2.45, 2.75) is 467 Å². The van der Waals surface area contributed by atoms with Crippen molar-refractivity contribution in [2.24, 2.45) is 196 Å². The van der Waals surface area contributed by atoms with Crippen LogP contribution in [0, 0.1) is 196 Å². The molecule has 0 aromatic heterocycles. The Bertz CT molecular complexity index is 4340. The maximum Gasteiger partial charge on any atom is 0.270 e. The van der Waals surface area contributed by atoms with Crippen LogP contribution in [0.3, 0.4) is 0 Å². The van der Waals surface area contributed by atoms with Gasteiger partial charge in [-0.2, -0.15) is 35.1 Å². The molecule has 20 heteroatoms. The molecule has 20 saturated carbocycles. The van der Waals surface area contributed by atoms with E-state index < -0.39 is 70.5 Å². The number of aliphatic hydroxyl groups is 3. The predicted molar refractivity (Wildman–Crippen MR) is 504 cm³/mol. The van der Waals surface area contributed by atoms with E-state index in [0.717, 1.165) is 146 Å². The molecule has 0 aromatic rings. The van der Waals surface area contributed by atoms with Crippen LogP contribution in [-0.4, -0.2) is 111 Å². The van der Waals surface area contributed by atoms with Crippen LogP contribution in [0.2, 0.25) is 0 Å². The third-order valence-electron chi connectivity index (χ3n) is 47.7. The fraction of sp³-hybridized carbons (Fsp3) is 0.922. The third-order valence-corrected chi connectivity index (χ3v) is 47.7. The Morgan fingerprint density at radius 3 is 0.748 bits per heavy atom. The summed E-state index contributed by atoms with van der Waals surface area (Å²) in [6.45, 7) is 48.4. The van der Waals surface area contributed by atoms with E-state index >= 15 is 0 Å². The first kappa shape index (κ1) is 99.9. The summed E-state index contributed by atoms with van der Waals surface area (Å²) in [5.41, 5.74) is 0.886. The van der Waals surface area contributed by atoms with E-state index in [-0.39, 0.29) is 128 Å². The van der Waals surface area contributed by atoms with E-state index in [1.54, 1.807) is 0 Å². The number of hydrogen-bond donors (Lipinski definition) is 3. The number of ketones is 1. The van der Waals surface area contributed by atoms with Gasteiger partial charge in [-0.1, -0.05) is 123 Å². The molecule has 0 spiro atoms. The molecule has 0 bridgehead atoms. The van der Waals surface area contributed by atoms with Gasteiger partial charge in [0.2, 0.25) is 0 Å². The predicted octanol–water partition coefficient (Wildman–Crippen LogP) is 28.1. The van der Waals surface area contributed by atoms with Gasteiger partial charge in [0.15, 0.2) is 23.1 Å². The lowest BCUT2D eigenvalue weighted by Crippen LogP contribution is -2.63. The zero-order chi connectivity index (χ0) is 96.8. The van der Waals surface area contributed by atoms with Gasteiger partial charge >= 0.3 is 0 Å². The molecule has 24 rings (SSSR count). The Kier molecular flexibility index (Phi) is 25.3. The first-order chi connectivity index (χ1) is 63.1. The molecule has 0 amide bonds. The molecule has 12 nitrogen and oxygen atoms in total. The van der Waals surface area contributed by atoms with Crippen molar-refractivity contribution < 1.29 is 93.1 Å². The van der Waals surface area contributed by atoms with Gasteiger partial charge < -0.3 is 53.2 Å². The number of aliphatic hydroxyl groups excluding tert-OH is 3. The number of allylic oxidation sites excluding steroid dienone is 4. The third kappa shape index (κ3) is 15.4. The van der Waals surface area contributed by atoms with E-state index in [1.807, 2.05) is 48.5 Å². The Labute approximate surface area is 804 Å². The molecule has 4 saturated heterocycles. The van der Waals surface area contributed by atoms with Gasteiger partial charge in [0.25, 0.3) is 24.3 Å². The first-order valence-corrected chi connectivity index (χ1v) is 55.2. The summed E-state index contributed by atoms with van der Waals surface area (Å²) in [5, 5.41) is 32.4. The highest BCUT2D eigenvalue weighted by Crippen LogP contribution is 2.77. The molecule has 24 fully saturated rings. The molecule has 0 radical (unpaired) electrons. The van der Waals surface area contributed by atoms with Crippen LogP contribution in [0.25, 0.3) is 0 Å². The second-order valence-electron chi connectivity index (χ2n) is 55.6. The molecule has 24 aliphatic rings. The summed E-state index contributed by atoms with van der Waals surface area (Å²) < 4.78 is 162. The lowest BCUT2D eigenvalue weighted by molar-refractivity contribution is -0.213. The molecule has 20 unspecified atom stereocenters. The molecule has 45 atom stereocenters. The highest BCUT2D eigenvalue weighted by Gasteiger charge is 2.76. The summed E-state index contributed by atoms with van der Waals surface area (Å²) in [7, 11) is 0. The van der Waals surface area contributed by atoms with Crippen molar-refractivity contribution in [3.63, 3.8) is 0 Å². The van der Waals surface area contributed by atoms with Crippen LogP contribution in [-0.2, 0) is 42.7 Å². The van der Waals surface area contributed by atoms with Crippen molar-refractivity contribution in [1.82, 2.24) is 0 Å². The Balaban J connectivity index is 0.000000105. The monoisotopic (exact) mass is 1900 g/mol. The highest BCUT2D eigenvalue weighted by atomic mass is 19.3. The second kappa shape index (κ2) is 34.1. The first-order valence-electron chi connectivity index (χ1n) is 55.2. The molecule has 3 N–H and O–H groups in total. The molecular weight excluding hydrogens is 1730 g/mol. The number of halogens is 8. The maximum atomic E-state index is 13.8. The Morgan fingerprint density at radius 1 is 0.237 bits per heavy atom. The van der Waals surface area contributed by atoms with Crippen LogP contribution in [0.15, 0.2) is 46.6 Å². The molecule has 0 aromatic carbocycles. The number of ether oxygens (including phenoxy) is 8. The number of carbonyl (C=O) groups is 1. The zero-order valence-electron chi connectivity index (χ0n) is 86.5. The summed E-state index contributed by atoms with van der Waals surface area (Å²) in [5.74, 6) is 8.66. The summed E-state index contributed by atoms with van der Waals surface area (Å²) in [4.78, 5) is 12.8. The van der Waals surface area contributed by atoms with Crippen molar-refractivity contribution in [3.8, 4) is 0 Å². The van der Waals surface area contributed by atoms with E-state index in [9.17, 15) is 55.2 Å². The van der Waals surface area contributed by atoms with Crippen molar-refractivity contribution in [3.05, 3.63) is 46.6 Å². The smallest absolute Gasteiger partial charge is 0.270 e. The Hall–Kier alpha value is -2.37. The van der Waals surface area contributed by atoms with E-state index in [0.29, 0.717) is 148 Å². The van der Waals surface area contributed by atoms with Crippen molar-refractivity contribution >= 4 is 5.78 Å². The minimum absolute atomic E-state index is 0.0396. The Morgan fingerprint density at radius 2 is 0.459 bits per heavy atom. The van der Waals surface area contributed by atoms with E-state index in [2.05, 4.69) is 104 Å². The number of carbonyl (C=O) groups excluding carboxylic acids is 1. The van der Waals surface area contributed by atoms with Gasteiger partial charge in [-0.25, -0.2) is 0 Å². The average molecular weight is 1900 g/mol. The van der Waals surface area contributed by atoms with Crippen molar-refractivity contribution in [2.75, 3.05) is 0 Å². The second-order valence-corrected chi connectivity index (χ2v) is 55.6. The number of rotatable bonds is 0. The fourth-order valence-electron chi connectivity index (χ4n) is 41.0. The van der Waals surface area contributed by atoms with Crippen LogP contribution in [0.1, 0.15) is 377 Å². The minimum atomic E-state index is -1.51. The lowest BCUT2D eigenvalue weighted by atomic mass is 9.43. The van der Waals surface area contributed by atoms with Gasteiger partial charge in [-0.15, -0.1) is 0 Å². The zero-order valence-corrected chi connectivity index (χ0v) is 86.5. The molecule has 4 heterocycles. The van der Waals surface area contributed by atoms with Gasteiger partial charge in [-0.05, 0) is 439 Å². The van der Waals surface area contributed by atoms with Gasteiger partial charge in [0.05, 0.1) is 67.1 Å². The number of fused-ring (bicyclic) bond motifs is 37. The molecule has 762 valence electrons. The molecule has 20 aliphatic carbocycles. The lowest BCUT2D eigenvalue weighted by Gasteiger charge is -2.63. The highest BCUT2D eigenvalue weighted by molar-refractivity contribution is 5.87. The summed E-state index contributed by atoms with van der Waals surface area (Å²) in [6, 6.07) is 0. The molecule has 135 heavy (non-hydrogen) atoms. The summed E-state index contributed by atoms with van der Waals surface area (Å²) in [6.07, 6.45) is 27.5. The van der Waals surface area contributed by atoms with Crippen LogP contribution < -0.4 is 0 Å².